The molecule has 4 N–H and O–H groups in total. The van der Waals surface area contributed by atoms with Crippen molar-refractivity contribution in [3.05, 3.63) is 48.5 Å². The van der Waals surface area contributed by atoms with Gasteiger partial charge in [-0.05, 0) is 74.5 Å². The molecule has 0 fully saturated rings. The molecule has 160 valence electrons. The molecule has 0 aromatic heterocycles. The van der Waals surface area contributed by atoms with Crippen molar-refractivity contribution in [1.82, 2.24) is 10.6 Å². The molecule has 2 aromatic carbocycles. The fourth-order valence-corrected chi connectivity index (χ4v) is 2.51. The number of nitrogens with one attached hydrogen (secondary N) is 4. The van der Waals surface area contributed by atoms with Crippen LogP contribution in [-0.4, -0.2) is 38.0 Å². The van der Waals surface area contributed by atoms with Gasteiger partial charge in [-0.3, -0.25) is 9.59 Å². The van der Waals surface area contributed by atoms with Gasteiger partial charge in [0.25, 0.3) is 0 Å². The van der Waals surface area contributed by atoms with Crippen LogP contribution in [0.1, 0.15) is 26.7 Å². The van der Waals surface area contributed by atoms with Crippen molar-refractivity contribution in [2.45, 2.75) is 26.7 Å². The SMILES string of the molecule is CCCNCC(=O)Nc1ccc(N=Nc2ccc(NC(=O)CNCCC)cc2)cc1. The van der Waals surface area contributed by atoms with E-state index in [-0.39, 0.29) is 11.8 Å². The maximum absolute atomic E-state index is 11.8. The lowest BCUT2D eigenvalue weighted by Gasteiger charge is -2.06. The van der Waals surface area contributed by atoms with Gasteiger partial charge in [0.1, 0.15) is 0 Å². The van der Waals surface area contributed by atoms with Gasteiger partial charge in [-0.15, -0.1) is 0 Å². The van der Waals surface area contributed by atoms with Gasteiger partial charge >= 0.3 is 0 Å². The minimum atomic E-state index is -0.0776. The van der Waals surface area contributed by atoms with E-state index in [0.29, 0.717) is 35.8 Å². The first-order valence-corrected chi connectivity index (χ1v) is 10.2. The summed E-state index contributed by atoms with van der Waals surface area (Å²) in [6.07, 6.45) is 1.97. The third-order valence-corrected chi connectivity index (χ3v) is 4.01. The van der Waals surface area contributed by atoms with Gasteiger partial charge in [-0.2, -0.15) is 10.2 Å². The predicted molar refractivity (Wildman–Crippen MR) is 121 cm³/mol. The Morgan fingerprint density at radius 1 is 0.667 bits per heavy atom. The number of carbonyl (C=O) groups is 2. The first-order valence-electron chi connectivity index (χ1n) is 10.2. The van der Waals surface area contributed by atoms with E-state index in [9.17, 15) is 9.59 Å². The Bertz CT molecular complexity index is 749. The zero-order valence-corrected chi connectivity index (χ0v) is 17.6. The zero-order chi connectivity index (χ0) is 21.6. The second-order valence-corrected chi connectivity index (χ2v) is 6.74. The van der Waals surface area contributed by atoms with Crippen LogP contribution in [0, 0.1) is 0 Å². The van der Waals surface area contributed by atoms with E-state index in [1.165, 1.54) is 0 Å². The zero-order valence-electron chi connectivity index (χ0n) is 17.6. The molecule has 8 nitrogen and oxygen atoms in total. The molecule has 0 atom stereocenters. The standard InChI is InChI=1S/C22H30N6O2/c1-3-13-23-15-21(29)25-17-5-9-19(10-6-17)27-28-20-11-7-18(8-12-20)26-22(30)16-24-14-4-2/h5-12,23-24H,3-4,13-16H2,1-2H3,(H,25,29)(H,26,30). The van der Waals surface area contributed by atoms with E-state index < -0.39 is 0 Å². The number of azo groups is 1. The summed E-state index contributed by atoms with van der Waals surface area (Å²) in [6.45, 7) is 6.32. The van der Waals surface area contributed by atoms with E-state index in [0.717, 1.165) is 25.9 Å². The Hall–Kier alpha value is -3.10. The number of amides is 2. The van der Waals surface area contributed by atoms with Crippen molar-refractivity contribution in [3.63, 3.8) is 0 Å². The van der Waals surface area contributed by atoms with Crippen LogP contribution in [-0.2, 0) is 9.59 Å². The summed E-state index contributed by atoms with van der Waals surface area (Å²) in [6, 6.07) is 14.3. The molecule has 0 radical (unpaired) electrons. The van der Waals surface area contributed by atoms with Crippen molar-refractivity contribution < 1.29 is 9.59 Å². The number of hydrogen-bond donors (Lipinski definition) is 4. The minimum absolute atomic E-state index is 0.0776. The van der Waals surface area contributed by atoms with Crippen LogP contribution in [0.3, 0.4) is 0 Å². The first-order chi connectivity index (χ1) is 14.6. The molecule has 2 amide bonds. The number of hydrogen-bond acceptors (Lipinski definition) is 6. The van der Waals surface area contributed by atoms with E-state index in [2.05, 4.69) is 45.3 Å². The van der Waals surface area contributed by atoms with Crippen LogP contribution >= 0.6 is 0 Å². The second kappa shape index (κ2) is 13.2. The predicted octanol–water partition coefficient (Wildman–Crippen LogP) is 3.98. The van der Waals surface area contributed by atoms with Crippen LogP contribution < -0.4 is 21.3 Å². The van der Waals surface area contributed by atoms with Gasteiger partial charge < -0.3 is 21.3 Å². The maximum atomic E-state index is 11.8. The lowest BCUT2D eigenvalue weighted by molar-refractivity contribution is -0.116. The Balaban J connectivity index is 1.82. The summed E-state index contributed by atoms with van der Waals surface area (Å²) in [5, 5.41) is 20.2. The van der Waals surface area contributed by atoms with Gasteiger partial charge in [-0.25, -0.2) is 0 Å². The van der Waals surface area contributed by atoms with Crippen LogP contribution in [0.15, 0.2) is 58.8 Å². The Morgan fingerprint density at radius 3 is 1.37 bits per heavy atom. The lowest BCUT2D eigenvalue weighted by atomic mass is 10.3. The number of benzene rings is 2. The summed E-state index contributed by atoms with van der Waals surface area (Å²) in [4.78, 5) is 23.6. The summed E-state index contributed by atoms with van der Waals surface area (Å²) in [7, 11) is 0. The minimum Gasteiger partial charge on any atom is -0.325 e. The monoisotopic (exact) mass is 410 g/mol. The highest BCUT2D eigenvalue weighted by Gasteiger charge is 2.03. The quantitative estimate of drug-likeness (QED) is 0.314. The molecule has 0 saturated heterocycles. The molecule has 2 rings (SSSR count). The third kappa shape index (κ3) is 8.93. The number of carbonyl (C=O) groups excluding carboxylic acids is 2. The molecule has 0 saturated carbocycles. The van der Waals surface area contributed by atoms with E-state index in [1.807, 2.05) is 0 Å². The summed E-state index contributed by atoms with van der Waals surface area (Å²) >= 11 is 0. The van der Waals surface area contributed by atoms with Crippen LogP contribution in [0.25, 0.3) is 0 Å². The van der Waals surface area contributed by atoms with Crippen LogP contribution in [0.4, 0.5) is 22.7 Å². The summed E-state index contributed by atoms with van der Waals surface area (Å²) in [5.41, 5.74) is 2.78. The van der Waals surface area contributed by atoms with Crippen molar-refractivity contribution in [2.24, 2.45) is 10.2 Å². The number of nitrogens with zero attached hydrogens (tertiary/aromatic N) is 2. The topological polar surface area (TPSA) is 107 Å². The summed E-state index contributed by atoms with van der Waals surface area (Å²) in [5.74, 6) is -0.155. The fraction of sp³-hybridized carbons (Fsp3) is 0.364. The highest BCUT2D eigenvalue weighted by molar-refractivity contribution is 5.92. The van der Waals surface area contributed by atoms with Crippen LogP contribution in [0.5, 0.6) is 0 Å². The number of anilines is 2. The molecule has 2 aromatic rings. The average molecular weight is 411 g/mol. The molecule has 0 aliphatic rings. The van der Waals surface area contributed by atoms with Gasteiger partial charge in [0.05, 0.1) is 24.5 Å². The van der Waals surface area contributed by atoms with E-state index >= 15 is 0 Å². The Labute approximate surface area is 177 Å². The molecule has 0 aliphatic carbocycles. The normalized spacial score (nSPS) is 10.9. The van der Waals surface area contributed by atoms with Crippen molar-refractivity contribution in [2.75, 3.05) is 36.8 Å². The second-order valence-electron chi connectivity index (χ2n) is 6.74. The smallest absolute Gasteiger partial charge is 0.238 e. The van der Waals surface area contributed by atoms with Crippen LogP contribution in [0.2, 0.25) is 0 Å². The van der Waals surface area contributed by atoms with Gasteiger partial charge in [0.2, 0.25) is 11.8 Å². The molecular weight excluding hydrogens is 380 g/mol. The number of rotatable bonds is 12. The van der Waals surface area contributed by atoms with Gasteiger partial charge in [0, 0.05) is 11.4 Å². The van der Waals surface area contributed by atoms with Crippen molar-refractivity contribution >= 4 is 34.6 Å². The highest BCUT2D eigenvalue weighted by atomic mass is 16.2. The molecular formula is C22H30N6O2. The average Bonchev–Trinajstić information content (AvgIpc) is 2.75. The fourth-order valence-electron chi connectivity index (χ4n) is 2.51. The van der Waals surface area contributed by atoms with Gasteiger partial charge in [-0.1, -0.05) is 13.8 Å². The molecule has 8 heteroatoms. The lowest BCUT2D eigenvalue weighted by Crippen LogP contribution is -2.28. The van der Waals surface area contributed by atoms with Crippen molar-refractivity contribution in [3.8, 4) is 0 Å². The molecule has 0 spiro atoms. The Kier molecular flexibility index (Phi) is 10.2. The summed E-state index contributed by atoms with van der Waals surface area (Å²) < 4.78 is 0. The molecule has 0 aliphatic heterocycles. The first kappa shape index (κ1) is 23.2. The molecule has 0 heterocycles. The Morgan fingerprint density at radius 2 is 1.03 bits per heavy atom. The maximum Gasteiger partial charge on any atom is 0.238 e. The largest absolute Gasteiger partial charge is 0.325 e. The van der Waals surface area contributed by atoms with E-state index in [4.69, 9.17) is 0 Å². The molecule has 0 unspecified atom stereocenters. The van der Waals surface area contributed by atoms with E-state index in [1.54, 1.807) is 48.5 Å². The molecule has 0 bridgehead atoms. The molecule has 30 heavy (non-hydrogen) atoms. The van der Waals surface area contributed by atoms with Gasteiger partial charge in [0.15, 0.2) is 0 Å². The third-order valence-electron chi connectivity index (χ3n) is 4.01. The highest BCUT2D eigenvalue weighted by Crippen LogP contribution is 2.21. The van der Waals surface area contributed by atoms with Crippen molar-refractivity contribution in [1.29, 1.82) is 0 Å².